The molecule has 0 aliphatic heterocycles. The number of benzene rings is 1. The van der Waals surface area contributed by atoms with Crippen LogP contribution in [-0.4, -0.2) is 22.2 Å². The number of unbranched alkanes of at least 4 members (excludes halogenated alkanes) is 1. The van der Waals surface area contributed by atoms with E-state index in [2.05, 4.69) is 17.3 Å². The van der Waals surface area contributed by atoms with Crippen LogP contribution in [0.25, 0.3) is 0 Å². The Morgan fingerprint density at radius 3 is 2.61 bits per heavy atom. The van der Waals surface area contributed by atoms with Crippen molar-refractivity contribution in [3.63, 3.8) is 0 Å². The van der Waals surface area contributed by atoms with E-state index in [1.165, 1.54) is 0 Å². The number of nitrogens with one attached hydrogen (secondary N) is 1. The van der Waals surface area contributed by atoms with Gasteiger partial charge in [0.25, 0.3) is 5.91 Å². The highest BCUT2D eigenvalue weighted by Crippen LogP contribution is 2.20. The first-order valence-corrected chi connectivity index (χ1v) is 8.54. The Morgan fingerprint density at radius 2 is 1.96 bits per heavy atom. The second-order valence-electron chi connectivity index (χ2n) is 5.46. The second-order valence-corrected chi connectivity index (χ2v) is 6.25. The van der Waals surface area contributed by atoms with E-state index in [9.17, 15) is 4.79 Å². The fourth-order valence-electron chi connectivity index (χ4n) is 2.33. The lowest BCUT2D eigenvalue weighted by Crippen LogP contribution is -2.26. The number of carbonyl (C=O) groups excluding carboxylic acids is 1. The smallest absolute Gasteiger partial charge is 0.256 e. The van der Waals surface area contributed by atoms with Crippen LogP contribution in [0.3, 0.4) is 0 Å². The largest absolute Gasteiger partial charge is 0.352 e. The lowest BCUT2D eigenvalue weighted by Gasteiger charge is -2.06. The van der Waals surface area contributed by atoms with Crippen molar-refractivity contribution in [2.45, 2.75) is 39.7 Å². The monoisotopic (exact) mass is 353 g/mol. The summed E-state index contributed by atoms with van der Waals surface area (Å²) in [5.41, 5.74) is 2.25. The van der Waals surface area contributed by atoms with Gasteiger partial charge in [0.1, 0.15) is 5.15 Å². The summed E-state index contributed by atoms with van der Waals surface area (Å²) in [5.74, 6) is -0.177. The average molecular weight is 354 g/mol. The molecule has 0 atom stereocenters. The third-order valence-corrected chi connectivity index (χ3v) is 4.26. The van der Waals surface area contributed by atoms with Crippen LogP contribution in [0.2, 0.25) is 10.2 Å². The number of rotatable bonds is 7. The maximum atomic E-state index is 12.3. The number of aryl methyl sites for hydroxylation is 2. The third kappa shape index (κ3) is 4.72. The van der Waals surface area contributed by atoms with Crippen LogP contribution in [0, 0.1) is 6.92 Å². The van der Waals surface area contributed by atoms with Crippen molar-refractivity contribution in [2.75, 3.05) is 6.54 Å². The second kappa shape index (κ2) is 8.37. The van der Waals surface area contributed by atoms with Crippen molar-refractivity contribution in [3.05, 3.63) is 51.3 Å². The minimum atomic E-state index is -0.177. The van der Waals surface area contributed by atoms with Crippen molar-refractivity contribution < 1.29 is 4.79 Å². The van der Waals surface area contributed by atoms with E-state index in [0.717, 1.165) is 31.4 Å². The zero-order chi connectivity index (χ0) is 16.8. The predicted molar refractivity (Wildman–Crippen MR) is 94.4 cm³/mol. The van der Waals surface area contributed by atoms with E-state index in [1.807, 2.05) is 31.2 Å². The Morgan fingerprint density at radius 1 is 1.26 bits per heavy atom. The molecule has 23 heavy (non-hydrogen) atoms. The first-order chi connectivity index (χ1) is 11.0. The van der Waals surface area contributed by atoms with Gasteiger partial charge in [0.05, 0.1) is 11.3 Å². The first kappa shape index (κ1) is 17.8. The zero-order valence-corrected chi connectivity index (χ0v) is 14.9. The summed E-state index contributed by atoms with van der Waals surface area (Å²) in [6, 6.07) is 7.60. The summed E-state index contributed by atoms with van der Waals surface area (Å²) in [7, 11) is 0. The molecular formula is C17H21Cl2N3O. The quantitative estimate of drug-likeness (QED) is 0.807. The van der Waals surface area contributed by atoms with E-state index < -0.39 is 0 Å². The Labute approximate surface area is 146 Å². The van der Waals surface area contributed by atoms with Gasteiger partial charge in [-0.05, 0) is 37.5 Å². The Kier molecular flexibility index (Phi) is 6.48. The predicted octanol–water partition coefficient (Wildman–Crippen LogP) is 4.27. The molecular weight excluding hydrogens is 333 g/mol. The molecule has 4 nitrogen and oxygen atoms in total. The summed E-state index contributed by atoms with van der Waals surface area (Å²) in [5, 5.41) is 8.38. The van der Waals surface area contributed by atoms with Gasteiger partial charge in [0, 0.05) is 18.1 Å². The number of aromatic nitrogens is 2. The molecule has 0 unspecified atom stereocenters. The summed E-state index contributed by atoms with van der Waals surface area (Å²) in [6.07, 6.45) is 2.78. The minimum absolute atomic E-state index is 0.177. The van der Waals surface area contributed by atoms with Gasteiger partial charge in [-0.25, -0.2) is 0 Å². The SMILES string of the molecule is CCCCn1nc(C)c(C(=O)NCCc2ccc(Cl)cc2)c1Cl. The number of nitrogens with zero attached hydrogens (tertiary/aromatic N) is 2. The molecule has 2 rings (SSSR count). The molecule has 0 saturated carbocycles. The molecule has 0 bridgehead atoms. The molecule has 0 spiro atoms. The van der Waals surface area contributed by atoms with Crippen molar-refractivity contribution in [1.82, 2.24) is 15.1 Å². The van der Waals surface area contributed by atoms with Gasteiger partial charge < -0.3 is 5.32 Å². The maximum Gasteiger partial charge on any atom is 0.256 e. The molecule has 0 saturated heterocycles. The van der Waals surface area contributed by atoms with Gasteiger partial charge in [-0.1, -0.05) is 48.7 Å². The number of hydrogen-bond donors (Lipinski definition) is 1. The molecule has 0 fully saturated rings. The van der Waals surface area contributed by atoms with Gasteiger partial charge in [-0.15, -0.1) is 0 Å². The van der Waals surface area contributed by atoms with Crippen LogP contribution in [0.1, 0.15) is 41.4 Å². The molecule has 1 aromatic heterocycles. The summed E-state index contributed by atoms with van der Waals surface area (Å²) in [4.78, 5) is 12.3. The van der Waals surface area contributed by atoms with Gasteiger partial charge >= 0.3 is 0 Å². The number of hydrogen-bond acceptors (Lipinski definition) is 2. The molecule has 124 valence electrons. The van der Waals surface area contributed by atoms with Crippen LogP contribution in [0.4, 0.5) is 0 Å². The lowest BCUT2D eigenvalue weighted by molar-refractivity contribution is 0.0953. The summed E-state index contributed by atoms with van der Waals surface area (Å²) < 4.78 is 1.70. The summed E-state index contributed by atoms with van der Waals surface area (Å²) in [6.45, 7) is 5.18. The summed E-state index contributed by atoms with van der Waals surface area (Å²) >= 11 is 12.2. The topological polar surface area (TPSA) is 46.9 Å². The average Bonchev–Trinajstić information content (AvgIpc) is 2.81. The van der Waals surface area contributed by atoms with E-state index in [-0.39, 0.29) is 5.91 Å². The zero-order valence-electron chi connectivity index (χ0n) is 13.4. The minimum Gasteiger partial charge on any atom is -0.352 e. The Hall–Kier alpha value is -1.52. The standard InChI is InChI=1S/C17H21Cl2N3O/c1-3-4-11-22-16(19)15(12(2)21-22)17(23)20-10-9-13-5-7-14(18)8-6-13/h5-8H,3-4,9-11H2,1-2H3,(H,20,23). The van der Waals surface area contributed by atoms with Gasteiger partial charge in [0.2, 0.25) is 0 Å². The molecule has 1 aromatic carbocycles. The van der Waals surface area contributed by atoms with Gasteiger partial charge in [-0.2, -0.15) is 5.10 Å². The van der Waals surface area contributed by atoms with Crippen LogP contribution in [0.5, 0.6) is 0 Å². The molecule has 1 N–H and O–H groups in total. The Balaban J connectivity index is 1.95. The molecule has 2 aromatic rings. The first-order valence-electron chi connectivity index (χ1n) is 7.78. The fourth-order valence-corrected chi connectivity index (χ4v) is 2.80. The van der Waals surface area contributed by atoms with Crippen LogP contribution < -0.4 is 5.32 Å². The fraction of sp³-hybridized carbons (Fsp3) is 0.412. The molecule has 0 aliphatic rings. The van der Waals surface area contributed by atoms with Crippen LogP contribution in [-0.2, 0) is 13.0 Å². The highest BCUT2D eigenvalue weighted by molar-refractivity contribution is 6.33. The maximum absolute atomic E-state index is 12.3. The van der Waals surface area contributed by atoms with Crippen molar-refractivity contribution in [1.29, 1.82) is 0 Å². The molecule has 6 heteroatoms. The highest BCUT2D eigenvalue weighted by Gasteiger charge is 2.19. The molecule has 0 aliphatic carbocycles. The number of amides is 1. The number of halogens is 2. The van der Waals surface area contributed by atoms with E-state index in [1.54, 1.807) is 4.68 Å². The van der Waals surface area contributed by atoms with E-state index in [0.29, 0.717) is 28.0 Å². The lowest BCUT2D eigenvalue weighted by atomic mass is 10.1. The third-order valence-electron chi connectivity index (χ3n) is 3.63. The Bertz CT molecular complexity index is 665. The van der Waals surface area contributed by atoms with E-state index >= 15 is 0 Å². The molecule has 0 radical (unpaired) electrons. The van der Waals surface area contributed by atoms with E-state index in [4.69, 9.17) is 23.2 Å². The van der Waals surface area contributed by atoms with Crippen LogP contribution in [0.15, 0.2) is 24.3 Å². The number of carbonyl (C=O) groups is 1. The van der Waals surface area contributed by atoms with Crippen molar-refractivity contribution in [2.24, 2.45) is 0 Å². The van der Waals surface area contributed by atoms with Gasteiger partial charge in [0.15, 0.2) is 0 Å². The molecule has 1 heterocycles. The molecule has 1 amide bonds. The highest BCUT2D eigenvalue weighted by atomic mass is 35.5. The van der Waals surface area contributed by atoms with Crippen molar-refractivity contribution >= 4 is 29.1 Å². The normalized spacial score (nSPS) is 10.8. The van der Waals surface area contributed by atoms with Gasteiger partial charge in [-0.3, -0.25) is 9.48 Å². The van der Waals surface area contributed by atoms with Crippen molar-refractivity contribution in [3.8, 4) is 0 Å². The van der Waals surface area contributed by atoms with Crippen LogP contribution >= 0.6 is 23.2 Å².